The fourth-order valence-corrected chi connectivity index (χ4v) is 3.46. The zero-order valence-corrected chi connectivity index (χ0v) is 12.9. The van der Waals surface area contributed by atoms with Crippen LogP contribution in [0.1, 0.15) is 70.4 Å². The number of rotatable bonds is 3. The molecule has 0 radical (unpaired) electrons. The van der Waals surface area contributed by atoms with Gasteiger partial charge in [0, 0.05) is 5.56 Å². The van der Waals surface area contributed by atoms with Gasteiger partial charge in [-0.25, -0.2) is 0 Å². The molecule has 1 unspecified atom stereocenters. The number of hydrogen-bond acceptors (Lipinski definition) is 2. The third-order valence-corrected chi connectivity index (χ3v) is 4.81. The second-order valence-corrected chi connectivity index (χ2v) is 6.59. The van der Waals surface area contributed by atoms with Gasteiger partial charge in [0.2, 0.25) is 0 Å². The van der Waals surface area contributed by atoms with Crippen LogP contribution in [0.25, 0.3) is 0 Å². The zero-order valence-electron chi connectivity index (χ0n) is 12.9. The maximum Gasteiger partial charge on any atom is 0.252 e. The maximum atomic E-state index is 12.8. The van der Waals surface area contributed by atoms with Crippen LogP contribution in [-0.4, -0.2) is 16.1 Å². The van der Waals surface area contributed by atoms with E-state index >= 15 is 0 Å². The molecule has 1 fully saturated rings. The Morgan fingerprint density at radius 1 is 1.32 bits per heavy atom. The van der Waals surface area contributed by atoms with Gasteiger partial charge in [-0.05, 0) is 62.1 Å². The molecule has 2 aliphatic carbocycles. The van der Waals surface area contributed by atoms with E-state index in [4.69, 9.17) is 0 Å². The highest BCUT2D eigenvalue weighted by Crippen LogP contribution is 2.42. The van der Waals surface area contributed by atoms with E-state index in [0.29, 0.717) is 5.92 Å². The Morgan fingerprint density at radius 2 is 2.18 bits per heavy atom. The van der Waals surface area contributed by atoms with Gasteiger partial charge in [0.25, 0.3) is 5.91 Å². The number of aromatic amines is 1. The molecule has 114 valence electrons. The lowest BCUT2D eigenvalue weighted by atomic mass is 9.93. The summed E-state index contributed by atoms with van der Waals surface area (Å²) in [6.45, 7) is 2.04. The number of fused-ring (bicyclic) bond motifs is 1. The van der Waals surface area contributed by atoms with Crippen LogP contribution >= 0.6 is 0 Å². The molecule has 1 saturated carbocycles. The largest absolute Gasteiger partial charge is 0.344 e. The van der Waals surface area contributed by atoms with Crippen LogP contribution in [-0.2, 0) is 6.42 Å². The molecule has 1 aromatic carbocycles. The standard InChI is InChI=1S/C18H21N3O/c1-11-5-8-14(12-6-7-12)15(9-11)18(22)20-16-4-2-3-13-10-19-21-17(13)16/h5,8-10,12,16H,2-4,6-7H2,1H3,(H,19,21)(H,20,22). The molecule has 2 N–H and O–H groups in total. The smallest absolute Gasteiger partial charge is 0.252 e. The van der Waals surface area contributed by atoms with Crippen LogP contribution in [0, 0.1) is 6.92 Å². The van der Waals surface area contributed by atoms with Crippen LogP contribution in [0.2, 0.25) is 0 Å². The van der Waals surface area contributed by atoms with Crippen molar-refractivity contribution in [2.75, 3.05) is 0 Å². The van der Waals surface area contributed by atoms with E-state index in [9.17, 15) is 4.79 Å². The third-order valence-electron chi connectivity index (χ3n) is 4.81. The van der Waals surface area contributed by atoms with Gasteiger partial charge in [-0.2, -0.15) is 5.10 Å². The molecule has 1 heterocycles. The lowest BCUT2D eigenvalue weighted by Crippen LogP contribution is -2.31. The van der Waals surface area contributed by atoms with Gasteiger partial charge in [0.15, 0.2) is 0 Å². The van der Waals surface area contributed by atoms with Crippen molar-refractivity contribution in [2.45, 2.75) is 51.0 Å². The van der Waals surface area contributed by atoms with Crippen molar-refractivity contribution < 1.29 is 4.79 Å². The number of aryl methyl sites for hydroxylation is 2. The van der Waals surface area contributed by atoms with Crippen LogP contribution < -0.4 is 5.32 Å². The molecule has 2 aliphatic rings. The molecule has 2 aromatic rings. The summed E-state index contributed by atoms with van der Waals surface area (Å²) in [6, 6.07) is 6.33. The van der Waals surface area contributed by atoms with Gasteiger partial charge >= 0.3 is 0 Å². The fourth-order valence-electron chi connectivity index (χ4n) is 3.46. The van der Waals surface area contributed by atoms with Crippen molar-refractivity contribution in [3.63, 3.8) is 0 Å². The van der Waals surface area contributed by atoms with E-state index in [1.165, 1.54) is 24.0 Å². The normalized spacial score (nSPS) is 20.5. The number of nitrogens with zero attached hydrogens (tertiary/aromatic N) is 1. The monoisotopic (exact) mass is 295 g/mol. The molecule has 4 rings (SSSR count). The maximum absolute atomic E-state index is 12.8. The van der Waals surface area contributed by atoms with E-state index in [-0.39, 0.29) is 11.9 Å². The predicted octanol–water partition coefficient (Wildman–Crippen LogP) is 3.40. The van der Waals surface area contributed by atoms with Crippen molar-refractivity contribution in [3.8, 4) is 0 Å². The van der Waals surface area contributed by atoms with Crippen LogP contribution in [0.3, 0.4) is 0 Å². The summed E-state index contributed by atoms with van der Waals surface area (Å²) in [5.74, 6) is 0.633. The number of nitrogens with one attached hydrogen (secondary N) is 2. The summed E-state index contributed by atoms with van der Waals surface area (Å²) >= 11 is 0. The summed E-state index contributed by atoms with van der Waals surface area (Å²) < 4.78 is 0. The van der Waals surface area contributed by atoms with E-state index in [1.807, 2.05) is 19.2 Å². The Labute approximate surface area is 130 Å². The minimum Gasteiger partial charge on any atom is -0.344 e. The first-order chi connectivity index (χ1) is 10.7. The zero-order chi connectivity index (χ0) is 15.1. The average molecular weight is 295 g/mol. The summed E-state index contributed by atoms with van der Waals surface area (Å²) in [6.07, 6.45) is 7.42. The minimum atomic E-state index is 0.0538. The van der Waals surface area contributed by atoms with Gasteiger partial charge < -0.3 is 5.32 Å². The van der Waals surface area contributed by atoms with Crippen molar-refractivity contribution >= 4 is 5.91 Å². The van der Waals surface area contributed by atoms with Gasteiger partial charge in [-0.15, -0.1) is 0 Å². The topological polar surface area (TPSA) is 57.8 Å². The number of carbonyl (C=O) groups excluding carboxylic acids is 1. The summed E-state index contributed by atoms with van der Waals surface area (Å²) in [5, 5.41) is 10.4. The first-order valence-corrected chi connectivity index (χ1v) is 8.16. The average Bonchev–Trinajstić information content (AvgIpc) is 3.24. The fraction of sp³-hybridized carbons (Fsp3) is 0.444. The number of H-pyrrole nitrogens is 1. The van der Waals surface area contributed by atoms with Gasteiger partial charge in [-0.1, -0.05) is 17.7 Å². The first kappa shape index (κ1) is 13.6. The van der Waals surface area contributed by atoms with Crippen LogP contribution in [0.5, 0.6) is 0 Å². The van der Waals surface area contributed by atoms with E-state index < -0.39 is 0 Å². The molecular formula is C18H21N3O. The van der Waals surface area contributed by atoms with Crippen molar-refractivity contribution in [2.24, 2.45) is 0 Å². The molecule has 0 aliphatic heterocycles. The van der Waals surface area contributed by atoms with Gasteiger partial charge in [0.1, 0.15) is 0 Å². The highest BCUT2D eigenvalue weighted by atomic mass is 16.1. The molecular weight excluding hydrogens is 274 g/mol. The third kappa shape index (κ3) is 2.43. The summed E-state index contributed by atoms with van der Waals surface area (Å²) in [5.41, 5.74) is 5.53. The van der Waals surface area contributed by atoms with Crippen molar-refractivity contribution in [1.29, 1.82) is 0 Å². The van der Waals surface area contributed by atoms with Gasteiger partial charge in [-0.3, -0.25) is 9.89 Å². The molecule has 4 heteroatoms. The van der Waals surface area contributed by atoms with Crippen LogP contribution in [0.4, 0.5) is 0 Å². The van der Waals surface area contributed by atoms with Crippen molar-refractivity contribution in [3.05, 3.63) is 52.3 Å². The number of aromatic nitrogens is 2. The summed E-state index contributed by atoms with van der Waals surface area (Å²) in [4.78, 5) is 12.8. The second kappa shape index (κ2) is 5.27. The molecule has 4 nitrogen and oxygen atoms in total. The highest BCUT2D eigenvalue weighted by molar-refractivity contribution is 5.96. The molecule has 0 saturated heterocycles. The molecule has 1 aromatic heterocycles. The Morgan fingerprint density at radius 3 is 3.00 bits per heavy atom. The molecule has 1 amide bonds. The molecule has 22 heavy (non-hydrogen) atoms. The summed E-state index contributed by atoms with van der Waals surface area (Å²) in [7, 11) is 0. The number of amides is 1. The SMILES string of the molecule is Cc1ccc(C2CC2)c(C(=O)NC2CCCc3cn[nH]c32)c1. The Balaban J connectivity index is 1.60. The Kier molecular flexibility index (Phi) is 3.25. The predicted molar refractivity (Wildman–Crippen MR) is 84.9 cm³/mol. The molecule has 0 bridgehead atoms. The first-order valence-electron chi connectivity index (χ1n) is 8.16. The Hall–Kier alpha value is -2.10. The highest BCUT2D eigenvalue weighted by Gasteiger charge is 2.30. The number of benzene rings is 1. The lowest BCUT2D eigenvalue weighted by molar-refractivity contribution is 0.0930. The lowest BCUT2D eigenvalue weighted by Gasteiger charge is -2.23. The molecule has 1 atom stereocenters. The minimum absolute atomic E-state index is 0.0538. The van der Waals surface area contributed by atoms with E-state index in [1.54, 1.807) is 0 Å². The molecule has 0 spiro atoms. The Bertz CT molecular complexity index is 715. The second-order valence-electron chi connectivity index (χ2n) is 6.59. The number of carbonyl (C=O) groups is 1. The van der Waals surface area contributed by atoms with Crippen molar-refractivity contribution in [1.82, 2.24) is 15.5 Å². The van der Waals surface area contributed by atoms with Gasteiger partial charge in [0.05, 0.1) is 17.9 Å². The van der Waals surface area contributed by atoms with E-state index in [2.05, 4.69) is 27.6 Å². The van der Waals surface area contributed by atoms with E-state index in [0.717, 1.165) is 36.1 Å². The number of hydrogen-bond donors (Lipinski definition) is 2. The van der Waals surface area contributed by atoms with Crippen LogP contribution in [0.15, 0.2) is 24.4 Å². The quantitative estimate of drug-likeness (QED) is 0.911.